The Morgan fingerprint density at radius 2 is 2.10 bits per heavy atom. The van der Waals surface area contributed by atoms with Crippen molar-refractivity contribution in [3.8, 4) is 0 Å². The molecule has 0 aliphatic rings. The first kappa shape index (κ1) is 14.5. The zero-order chi connectivity index (χ0) is 14.5. The minimum Gasteiger partial charge on any atom is -0.326 e. The van der Waals surface area contributed by atoms with Gasteiger partial charge in [-0.05, 0) is 36.8 Å². The highest BCUT2D eigenvalue weighted by molar-refractivity contribution is 9.10. The summed E-state index contributed by atoms with van der Waals surface area (Å²) < 4.78 is 2.50. The Morgan fingerprint density at radius 3 is 2.80 bits per heavy atom. The number of anilines is 1. The minimum absolute atomic E-state index is 0.0971. The van der Waals surface area contributed by atoms with Crippen molar-refractivity contribution in [2.45, 2.75) is 19.9 Å². The second-order valence-electron chi connectivity index (χ2n) is 4.49. The van der Waals surface area contributed by atoms with E-state index in [-0.39, 0.29) is 17.9 Å². The van der Waals surface area contributed by atoms with Gasteiger partial charge in [0.25, 0.3) is 5.56 Å². The van der Waals surface area contributed by atoms with E-state index in [9.17, 15) is 9.59 Å². The fourth-order valence-electron chi connectivity index (χ4n) is 1.85. The Hall–Kier alpha value is -1.88. The largest absolute Gasteiger partial charge is 0.326 e. The summed E-state index contributed by atoms with van der Waals surface area (Å²) in [7, 11) is 0. The number of nitrogens with one attached hydrogen (secondary N) is 1. The van der Waals surface area contributed by atoms with Crippen molar-refractivity contribution in [2.75, 3.05) is 5.32 Å². The van der Waals surface area contributed by atoms with Crippen LogP contribution in [0.2, 0.25) is 0 Å². The Balaban J connectivity index is 1.96. The molecule has 4 nitrogen and oxygen atoms in total. The molecule has 2 rings (SSSR count). The second-order valence-corrected chi connectivity index (χ2v) is 5.41. The topological polar surface area (TPSA) is 51.1 Å². The van der Waals surface area contributed by atoms with Gasteiger partial charge in [0.1, 0.15) is 0 Å². The maximum absolute atomic E-state index is 11.9. The molecule has 20 heavy (non-hydrogen) atoms. The number of hydrogen-bond acceptors (Lipinski definition) is 2. The van der Waals surface area contributed by atoms with Crippen molar-refractivity contribution in [1.29, 1.82) is 0 Å². The van der Waals surface area contributed by atoms with Crippen molar-refractivity contribution in [3.05, 3.63) is 63.0 Å². The van der Waals surface area contributed by atoms with Crippen molar-refractivity contribution in [3.63, 3.8) is 0 Å². The summed E-state index contributed by atoms with van der Waals surface area (Å²) in [6.07, 6.45) is 1.94. The average Bonchev–Trinajstić information content (AvgIpc) is 2.41. The molecule has 1 N–H and O–H groups in total. The molecule has 5 heteroatoms. The number of rotatable bonds is 4. The summed E-state index contributed by atoms with van der Waals surface area (Å²) in [5, 5.41) is 2.85. The molecule has 0 atom stereocenters. The molecule has 2 aromatic rings. The zero-order valence-electron chi connectivity index (χ0n) is 11.1. The predicted octanol–water partition coefficient (Wildman–Crippen LogP) is 2.95. The lowest BCUT2D eigenvalue weighted by molar-refractivity contribution is -0.116. The highest BCUT2D eigenvalue weighted by Crippen LogP contribution is 2.20. The van der Waals surface area contributed by atoms with E-state index in [1.54, 1.807) is 18.3 Å². The summed E-state index contributed by atoms with van der Waals surface area (Å²) in [6.45, 7) is 2.31. The van der Waals surface area contributed by atoms with Gasteiger partial charge in [-0.3, -0.25) is 9.59 Å². The maximum atomic E-state index is 11.9. The molecule has 1 aromatic carbocycles. The lowest BCUT2D eigenvalue weighted by Gasteiger charge is -2.09. The lowest BCUT2D eigenvalue weighted by Crippen LogP contribution is -2.21. The van der Waals surface area contributed by atoms with Gasteiger partial charge >= 0.3 is 0 Å². The van der Waals surface area contributed by atoms with E-state index >= 15 is 0 Å². The predicted molar refractivity (Wildman–Crippen MR) is 82.8 cm³/mol. The molecule has 0 radical (unpaired) electrons. The molecular weight excluding hydrogens is 320 g/mol. The number of aryl methyl sites for hydroxylation is 2. The Morgan fingerprint density at radius 1 is 1.30 bits per heavy atom. The number of hydrogen-bond donors (Lipinski definition) is 1. The van der Waals surface area contributed by atoms with Crippen LogP contribution in [0.1, 0.15) is 12.0 Å². The van der Waals surface area contributed by atoms with Gasteiger partial charge in [-0.2, -0.15) is 0 Å². The van der Waals surface area contributed by atoms with Gasteiger partial charge in [0.15, 0.2) is 0 Å². The molecule has 0 aliphatic carbocycles. The normalized spacial score (nSPS) is 10.3. The van der Waals surface area contributed by atoms with Gasteiger partial charge in [-0.15, -0.1) is 0 Å². The number of pyridine rings is 1. The SMILES string of the molecule is Cc1cc(Br)ccc1NC(=O)CCn1ccccc1=O. The van der Waals surface area contributed by atoms with E-state index in [4.69, 9.17) is 0 Å². The molecule has 1 heterocycles. The Kier molecular flexibility index (Phi) is 4.74. The van der Waals surface area contributed by atoms with E-state index in [0.717, 1.165) is 15.7 Å². The summed E-state index contributed by atoms with van der Waals surface area (Å²) in [4.78, 5) is 23.4. The van der Waals surface area contributed by atoms with E-state index in [1.165, 1.54) is 10.6 Å². The lowest BCUT2D eigenvalue weighted by atomic mass is 10.2. The van der Waals surface area contributed by atoms with Gasteiger partial charge in [0.05, 0.1) is 0 Å². The fraction of sp³-hybridized carbons (Fsp3) is 0.200. The van der Waals surface area contributed by atoms with Crippen LogP contribution in [0.25, 0.3) is 0 Å². The monoisotopic (exact) mass is 334 g/mol. The van der Waals surface area contributed by atoms with Crippen molar-refractivity contribution in [1.82, 2.24) is 4.57 Å². The molecule has 1 aromatic heterocycles. The average molecular weight is 335 g/mol. The molecule has 0 saturated heterocycles. The van der Waals surface area contributed by atoms with Crippen LogP contribution in [0.4, 0.5) is 5.69 Å². The van der Waals surface area contributed by atoms with Gasteiger partial charge in [-0.25, -0.2) is 0 Å². The first-order valence-electron chi connectivity index (χ1n) is 6.28. The number of amides is 1. The maximum Gasteiger partial charge on any atom is 0.250 e. The smallest absolute Gasteiger partial charge is 0.250 e. The van der Waals surface area contributed by atoms with E-state index < -0.39 is 0 Å². The number of carbonyl (C=O) groups excluding carboxylic acids is 1. The first-order valence-corrected chi connectivity index (χ1v) is 7.07. The summed E-state index contributed by atoms with van der Waals surface area (Å²) >= 11 is 3.38. The van der Waals surface area contributed by atoms with Crippen LogP contribution >= 0.6 is 15.9 Å². The fourth-order valence-corrected chi connectivity index (χ4v) is 2.32. The highest BCUT2D eigenvalue weighted by atomic mass is 79.9. The summed E-state index contributed by atoms with van der Waals surface area (Å²) in [5.41, 5.74) is 1.68. The van der Waals surface area contributed by atoms with Crippen molar-refractivity contribution >= 4 is 27.5 Å². The molecule has 0 fully saturated rings. The van der Waals surface area contributed by atoms with Crippen LogP contribution in [-0.2, 0) is 11.3 Å². The van der Waals surface area contributed by atoms with Crippen molar-refractivity contribution in [2.24, 2.45) is 0 Å². The second kappa shape index (κ2) is 6.52. The zero-order valence-corrected chi connectivity index (χ0v) is 12.7. The standard InChI is InChI=1S/C15H15BrN2O2/c1-11-10-12(16)5-6-13(11)17-14(19)7-9-18-8-3-2-4-15(18)20/h2-6,8,10H,7,9H2,1H3,(H,17,19). The van der Waals surface area contributed by atoms with Crippen LogP contribution in [0.3, 0.4) is 0 Å². The first-order chi connectivity index (χ1) is 9.56. The van der Waals surface area contributed by atoms with Gasteiger partial charge in [-0.1, -0.05) is 22.0 Å². The van der Waals surface area contributed by atoms with Gasteiger partial charge < -0.3 is 9.88 Å². The third kappa shape index (κ3) is 3.81. The number of benzene rings is 1. The number of aromatic nitrogens is 1. The Bertz CT molecular complexity index is 680. The van der Waals surface area contributed by atoms with Crippen LogP contribution in [0.5, 0.6) is 0 Å². The molecule has 0 saturated carbocycles. The quantitative estimate of drug-likeness (QED) is 0.934. The van der Waals surface area contributed by atoms with Crippen LogP contribution < -0.4 is 10.9 Å². The van der Waals surface area contributed by atoms with Gasteiger partial charge in [0.2, 0.25) is 5.91 Å². The molecule has 0 bridgehead atoms. The molecule has 1 amide bonds. The summed E-state index contributed by atoms with van der Waals surface area (Å²) in [6, 6.07) is 10.6. The molecule has 0 spiro atoms. The van der Waals surface area contributed by atoms with Crippen LogP contribution in [-0.4, -0.2) is 10.5 Å². The molecule has 0 unspecified atom stereocenters. The molecular formula is C15H15BrN2O2. The third-order valence-electron chi connectivity index (χ3n) is 2.94. The van der Waals surface area contributed by atoms with Crippen LogP contribution in [0.15, 0.2) is 51.9 Å². The minimum atomic E-state index is -0.105. The van der Waals surface area contributed by atoms with E-state index in [1.807, 2.05) is 25.1 Å². The molecule has 104 valence electrons. The number of nitrogens with zero attached hydrogens (tertiary/aromatic N) is 1. The van der Waals surface area contributed by atoms with Gasteiger partial charge in [0, 0.05) is 35.4 Å². The highest BCUT2D eigenvalue weighted by Gasteiger charge is 2.05. The number of halogens is 1. The van der Waals surface area contributed by atoms with E-state index in [0.29, 0.717) is 6.54 Å². The molecule has 0 aliphatic heterocycles. The summed E-state index contributed by atoms with van der Waals surface area (Å²) in [5.74, 6) is -0.105. The number of carbonyl (C=O) groups is 1. The van der Waals surface area contributed by atoms with E-state index in [2.05, 4.69) is 21.2 Å². The van der Waals surface area contributed by atoms with Crippen LogP contribution in [0, 0.1) is 6.92 Å². The Labute approximate surface area is 125 Å². The third-order valence-corrected chi connectivity index (χ3v) is 3.43. The van der Waals surface area contributed by atoms with Crippen molar-refractivity contribution < 1.29 is 4.79 Å².